The molecule has 0 spiro atoms. The normalized spacial score (nSPS) is 10.5. The maximum Gasteiger partial charge on any atom is 0.145 e. The van der Waals surface area contributed by atoms with E-state index in [4.69, 9.17) is 5.90 Å². The van der Waals surface area contributed by atoms with E-state index < -0.39 is 11.6 Å². The fourth-order valence-corrected chi connectivity index (χ4v) is 1.59. The molecule has 2 nitrogen and oxygen atoms in total. The summed E-state index contributed by atoms with van der Waals surface area (Å²) in [5.74, 6) is 3.46. The molecular weight excluding hydrogens is 244 g/mol. The van der Waals surface area contributed by atoms with Gasteiger partial charge in [-0.2, -0.15) is 0 Å². The second-order valence-electron chi connectivity index (χ2n) is 2.59. The molecule has 0 heterocycles. The van der Waals surface area contributed by atoms with Crippen molar-refractivity contribution in [3.8, 4) is 0 Å². The Morgan fingerprint density at radius 3 is 2.62 bits per heavy atom. The molecule has 0 fully saturated rings. The molecular formula is C8H8BrF2NO. The van der Waals surface area contributed by atoms with Crippen LogP contribution in [-0.2, 0) is 11.4 Å². The minimum Gasteiger partial charge on any atom is -0.300 e. The van der Waals surface area contributed by atoms with Gasteiger partial charge in [0.25, 0.3) is 0 Å². The second-order valence-corrected chi connectivity index (χ2v) is 3.45. The minimum atomic E-state index is -0.673. The molecule has 1 rings (SSSR count). The van der Waals surface area contributed by atoms with Crippen LogP contribution in [0.15, 0.2) is 10.5 Å². The zero-order valence-corrected chi connectivity index (χ0v) is 8.49. The highest BCUT2D eigenvalue weighted by Gasteiger charge is 2.14. The molecule has 1 aromatic carbocycles. The van der Waals surface area contributed by atoms with Crippen LogP contribution in [0.25, 0.3) is 0 Å². The lowest BCUT2D eigenvalue weighted by atomic mass is 10.1. The van der Waals surface area contributed by atoms with Gasteiger partial charge in [0, 0.05) is 0 Å². The van der Waals surface area contributed by atoms with Crippen LogP contribution in [0.5, 0.6) is 0 Å². The Morgan fingerprint density at radius 2 is 2.08 bits per heavy atom. The first-order valence-corrected chi connectivity index (χ1v) is 4.32. The molecule has 0 atom stereocenters. The van der Waals surface area contributed by atoms with Crippen molar-refractivity contribution in [2.24, 2.45) is 5.90 Å². The number of aryl methyl sites for hydroxylation is 1. The van der Waals surface area contributed by atoms with Crippen molar-refractivity contribution in [1.82, 2.24) is 0 Å². The Bertz CT molecular complexity index is 304. The summed E-state index contributed by atoms with van der Waals surface area (Å²) >= 11 is 2.96. The van der Waals surface area contributed by atoms with Crippen LogP contribution in [0.1, 0.15) is 11.1 Å². The predicted molar refractivity (Wildman–Crippen MR) is 47.8 cm³/mol. The van der Waals surface area contributed by atoms with Crippen LogP contribution in [-0.4, -0.2) is 0 Å². The van der Waals surface area contributed by atoms with Crippen molar-refractivity contribution in [1.29, 1.82) is 0 Å². The number of nitrogens with two attached hydrogens (primary N) is 1. The van der Waals surface area contributed by atoms with Crippen molar-refractivity contribution in [3.05, 3.63) is 33.3 Å². The molecule has 0 aliphatic carbocycles. The SMILES string of the molecule is Cc1cc(Br)c(F)c(CON)c1F. The molecule has 0 saturated carbocycles. The summed E-state index contributed by atoms with van der Waals surface area (Å²) in [5, 5.41) is 0. The topological polar surface area (TPSA) is 35.2 Å². The zero-order chi connectivity index (χ0) is 10.0. The van der Waals surface area contributed by atoms with Gasteiger partial charge in [-0.05, 0) is 34.5 Å². The van der Waals surface area contributed by atoms with Gasteiger partial charge in [-0.3, -0.25) is 4.84 Å². The molecule has 0 aliphatic rings. The highest BCUT2D eigenvalue weighted by Crippen LogP contribution is 2.24. The average molecular weight is 252 g/mol. The van der Waals surface area contributed by atoms with Crippen LogP contribution < -0.4 is 5.90 Å². The third-order valence-corrected chi connectivity index (χ3v) is 2.23. The van der Waals surface area contributed by atoms with Crippen molar-refractivity contribution in [3.63, 3.8) is 0 Å². The van der Waals surface area contributed by atoms with Gasteiger partial charge in [0.05, 0.1) is 16.6 Å². The molecule has 2 N–H and O–H groups in total. The van der Waals surface area contributed by atoms with Crippen molar-refractivity contribution in [2.45, 2.75) is 13.5 Å². The van der Waals surface area contributed by atoms with Crippen LogP contribution in [0.2, 0.25) is 0 Å². The summed E-state index contributed by atoms with van der Waals surface area (Å²) in [4.78, 5) is 4.20. The van der Waals surface area contributed by atoms with E-state index in [1.165, 1.54) is 6.07 Å². The molecule has 0 saturated heterocycles. The van der Waals surface area contributed by atoms with E-state index in [2.05, 4.69) is 20.8 Å². The van der Waals surface area contributed by atoms with Gasteiger partial charge in [0.2, 0.25) is 0 Å². The Morgan fingerprint density at radius 1 is 1.46 bits per heavy atom. The largest absolute Gasteiger partial charge is 0.300 e. The highest BCUT2D eigenvalue weighted by atomic mass is 79.9. The van der Waals surface area contributed by atoms with E-state index in [-0.39, 0.29) is 16.6 Å². The van der Waals surface area contributed by atoms with Crippen LogP contribution in [0, 0.1) is 18.6 Å². The minimum absolute atomic E-state index is 0.158. The fraction of sp³-hybridized carbons (Fsp3) is 0.250. The molecule has 0 bridgehead atoms. The lowest BCUT2D eigenvalue weighted by Gasteiger charge is -2.07. The first-order chi connectivity index (χ1) is 6.07. The smallest absolute Gasteiger partial charge is 0.145 e. The van der Waals surface area contributed by atoms with E-state index in [0.717, 1.165) is 0 Å². The standard InChI is InChI=1S/C8H8BrF2NO/c1-4-2-6(9)8(11)5(3-13-12)7(4)10/h2H,3,12H2,1H3. The maximum absolute atomic E-state index is 13.2. The predicted octanol–water partition coefficient (Wildman–Crippen LogP) is 2.43. The van der Waals surface area contributed by atoms with Gasteiger partial charge >= 0.3 is 0 Å². The lowest BCUT2D eigenvalue weighted by molar-refractivity contribution is 0.118. The Hall–Kier alpha value is -0.520. The molecule has 0 aromatic heterocycles. The van der Waals surface area contributed by atoms with E-state index in [1.54, 1.807) is 6.92 Å². The molecule has 0 radical (unpaired) electrons. The molecule has 0 unspecified atom stereocenters. The summed E-state index contributed by atoms with van der Waals surface area (Å²) in [6, 6.07) is 1.37. The van der Waals surface area contributed by atoms with Gasteiger partial charge in [0.1, 0.15) is 11.6 Å². The van der Waals surface area contributed by atoms with Gasteiger partial charge in [-0.1, -0.05) is 0 Å². The molecule has 13 heavy (non-hydrogen) atoms. The number of hydrogen-bond acceptors (Lipinski definition) is 2. The average Bonchev–Trinajstić information content (AvgIpc) is 2.09. The molecule has 0 amide bonds. The van der Waals surface area contributed by atoms with Crippen molar-refractivity contribution < 1.29 is 13.6 Å². The second kappa shape index (κ2) is 4.13. The summed E-state index contributed by atoms with van der Waals surface area (Å²) < 4.78 is 26.6. The number of rotatable bonds is 2. The van der Waals surface area contributed by atoms with E-state index in [1.807, 2.05) is 0 Å². The van der Waals surface area contributed by atoms with Crippen LogP contribution >= 0.6 is 15.9 Å². The Kier molecular flexibility index (Phi) is 3.35. The van der Waals surface area contributed by atoms with Gasteiger partial charge in [0.15, 0.2) is 0 Å². The van der Waals surface area contributed by atoms with Crippen molar-refractivity contribution >= 4 is 15.9 Å². The lowest BCUT2D eigenvalue weighted by Crippen LogP contribution is -2.05. The first-order valence-electron chi connectivity index (χ1n) is 3.52. The molecule has 72 valence electrons. The van der Waals surface area contributed by atoms with E-state index >= 15 is 0 Å². The highest BCUT2D eigenvalue weighted by molar-refractivity contribution is 9.10. The summed E-state index contributed by atoms with van der Waals surface area (Å²) in [5.41, 5.74) is 0.190. The monoisotopic (exact) mass is 251 g/mol. The van der Waals surface area contributed by atoms with E-state index in [0.29, 0.717) is 5.56 Å². The quantitative estimate of drug-likeness (QED) is 0.648. The molecule has 5 heteroatoms. The van der Waals surface area contributed by atoms with E-state index in [9.17, 15) is 8.78 Å². The number of halogens is 3. The Labute approximate surface area is 82.8 Å². The van der Waals surface area contributed by atoms with Crippen LogP contribution in [0.3, 0.4) is 0 Å². The molecule has 0 aliphatic heterocycles. The molecule has 1 aromatic rings. The van der Waals surface area contributed by atoms with Crippen molar-refractivity contribution in [2.75, 3.05) is 0 Å². The Balaban J connectivity index is 3.28. The van der Waals surface area contributed by atoms with Gasteiger partial charge < -0.3 is 0 Å². The van der Waals surface area contributed by atoms with Gasteiger partial charge in [-0.15, -0.1) is 0 Å². The zero-order valence-electron chi connectivity index (χ0n) is 6.90. The third-order valence-electron chi connectivity index (χ3n) is 1.66. The maximum atomic E-state index is 13.2. The summed E-state index contributed by atoms with van der Waals surface area (Å²) in [7, 11) is 0. The van der Waals surface area contributed by atoms with Gasteiger partial charge in [-0.25, -0.2) is 14.7 Å². The fourth-order valence-electron chi connectivity index (χ4n) is 1.01. The summed E-state index contributed by atoms with van der Waals surface area (Å²) in [6.45, 7) is 1.26. The first kappa shape index (κ1) is 10.6. The number of hydrogen-bond donors (Lipinski definition) is 1. The summed E-state index contributed by atoms with van der Waals surface area (Å²) in [6.07, 6.45) is 0. The third kappa shape index (κ3) is 2.04. The van der Waals surface area contributed by atoms with Crippen LogP contribution in [0.4, 0.5) is 8.78 Å². The number of benzene rings is 1.